The van der Waals surface area contributed by atoms with E-state index in [1.165, 1.54) is 17.8 Å². The molecule has 2 heterocycles. The Kier molecular flexibility index (Phi) is 4.74. The van der Waals surface area contributed by atoms with Crippen molar-refractivity contribution in [2.75, 3.05) is 19.9 Å². The van der Waals surface area contributed by atoms with Crippen LogP contribution in [0.2, 0.25) is 5.02 Å². The topological polar surface area (TPSA) is 51.1 Å². The van der Waals surface area contributed by atoms with Crippen molar-refractivity contribution in [3.63, 3.8) is 0 Å². The molecule has 2 aliphatic rings. The van der Waals surface area contributed by atoms with Gasteiger partial charge in [0.15, 0.2) is 16.7 Å². The highest BCUT2D eigenvalue weighted by atomic mass is 35.5. The summed E-state index contributed by atoms with van der Waals surface area (Å²) in [6, 6.07) is 9.66. The Morgan fingerprint density at radius 3 is 2.96 bits per heavy atom. The summed E-state index contributed by atoms with van der Waals surface area (Å²) in [6.45, 7) is 1.16. The molecule has 0 atom stereocenters. The van der Waals surface area contributed by atoms with E-state index in [0.29, 0.717) is 51.7 Å². The predicted octanol–water partition coefficient (Wildman–Crippen LogP) is 3.95. The number of benzene rings is 2. The van der Waals surface area contributed by atoms with Gasteiger partial charge in [0.05, 0.1) is 6.54 Å². The summed E-state index contributed by atoms with van der Waals surface area (Å²) in [5.41, 5.74) is 0.901. The first-order valence-corrected chi connectivity index (χ1v) is 9.31. The molecule has 2 aliphatic heterocycles. The van der Waals surface area contributed by atoms with Gasteiger partial charge in [-0.1, -0.05) is 29.4 Å². The van der Waals surface area contributed by atoms with Crippen molar-refractivity contribution in [2.45, 2.75) is 5.75 Å². The van der Waals surface area contributed by atoms with Gasteiger partial charge in [-0.25, -0.2) is 4.39 Å². The number of amides is 1. The van der Waals surface area contributed by atoms with E-state index in [1.807, 2.05) is 0 Å². The van der Waals surface area contributed by atoms with Gasteiger partial charge >= 0.3 is 0 Å². The lowest BCUT2D eigenvalue weighted by Gasteiger charge is -2.18. The summed E-state index contributed by atoms with van der Waals surface area (Å²) in [4.78, 5) is 18.8. The molecule has 5 nitrogen and oxygen atoms in total. The first-order valence-electron chi connectivity index (χ1n) is 7.95. The molecule has 134 valence electrons. The van der Waals surface area contributed by atoms with Crippen molar-refractivity contribution in [1.29, 1.82) is 0 Å². The van der Waals surface area contributed by atoms with Crippen molar-refractivity contribution in [3.8, 4) is 11.5 Å². The zero-order valence-corrected chi connectivity index (χ0v) is 15.1. The fourth-order valence-corrected chi connectivity index (χ4v) is 4.12. The third-order valence-corrected chi connectivity index (χ3v) is 5.47. The minimum absolute atomic E-state index is 0.155. The van der Waals surface area contributed by atoms with Gasteiger partial charge in [-0.2, -0.15) is 0 Å². The zero-order chi connectivity index (χ0) is 18.1. The van der Waals surface area contributed by atoms with E-state index in [2.05, 4.69) is 4.99 Å². The Morgan fingerprint density at radius 2 is 2.12 bits per heavy atom. The van der Waals surface area contributed by atoms with Crippen LogP contribution >= 0.6 is 23.4 Å². The second kappa shape index (κ2) is 7.17. The van der Waals surface area contributed by atoms with Gasteiger partial charge in [0.25, 0.3) is 5.91 Å². The maximum Gasteiger partial charge on any atom is 0.260 e. The first-order chi connectivity index (χ1) is 12.6. The number of hydrogen-bond acceptors (Lipinski definition) is 5. The van der Waals surface area contributed by atoms with E-state index < -0.39 is 0 Å². The zero-order valence-electron chi connectivity index (χ0n) is 13.6. The van der Waals surface area contributed by atoms with Gasteiger partial charge in [0.2, 0.25) is 6.79 Å². The van der Waals surface area contributed by atoms with Crippen LogP contribution in [0.4, 0.5) is 4.39 Å². The van der Waals surface area contributed by atoms with Crippen LogP contribution in [-0.2, 0) is 5.75 Å². The molecule has 0 aromatic heterocycles. The predicted molar refractivity (Wildman–Crippen MR) is 98.6 cm³/mol. The number of halogens is 2. The van der Waals surface area contributed by atoms with Gasteiger partial charge in [-0.15, -0.1) is 0 Å². The highest BCUT2D eigenvalue weighted by Gasteiger charge is 2.27. The molecule has 8 heteroatoms. The summed E-state index contributed by atoms with van der Waals surface area (Å²) in [5.74, 6) is 0.943. The van der Waals surface area contributed by atoms with Gasteiger partial charge < -0.3 is 9.47 Å². The average Bonchev–Trinajstić information content (AvgIpc) is 3.29. The minimum Gasteiger partial charge on any atom is -0.454 e. The summed E-state index contributed by atoms with van der Waals surface area (Å²) in [6.07, 6.45) is 0. The number of fused-ring (bicyclic) bond motifs is 1. The molecular weight excluding hydrogens is 379 g/mol. The van der Waals surface area contributed by atoms with Crippen molar-refractivity contribution in [2.24, 2.45) is 4.99 Å². The molecule has 4 rings (SSSR count). The number of carbonyl (C=O) groups excluding carboxylic acids is 1. The van der Waals surface area contributed by atoms with Crippen molar-refractivity contribution in [3.05, 3.63) is 58.4 Å². The van der Waals surface area contributed by atoms with Gasteiger partial charge in [-0.3, -0.25) is 14.7 Å². The van der Waals surface area contributed by atoms with Crippen molar-refractivity contribution in [1.82, 2.24) is 4.90 Å². The summed E-state index contributed by atoms with van der Waals surface area (Å²) < 4.78 is 24.5. The van der Waals surface area contributed by atoms with Crippen LogP contribution in [0, 0.1) is 5.82 Å². The second-order valence-electron chi connectivity index (χ2n) is 5.68. The number of ether oxygens (including phenoxy) is 2. The molecule has 0 saturated heterocycles. The summed E-state index contributed by atoms with van der Waals surface area (Å²) in [7, 11) is 0. The van der Waals surface area contributed by atoms with Gasteiger partial charge in [0.1, 0.15) is 5.82 Å². The largest absolute Gasteiger partial charge is 0.454 e. The van der Waals surface area contributed by atoms with Crippen LogP contribution in [0.15, 0.2) is 41.4 Å². The van der Waals surface area contributed by atoms with E-state index >= 15 is 0 Å². The Morgan fingerprint density at radius 1 is 1.27 bits per heavy atom. The highest BCUT2D eigenvalue weighted by Crippen LogP contribution is 2.33. The molecular formula is C18H14ClFN2O3S. The molecule has 0 spiro atoms. The Balaban J connectivity index is 1.49. The average molecular weight is 393 g/mol. The van der Waals surface area contributed by atoms with E-state index in [-0.39, 0.29) is 18.5 Å². The number of nitrogens with zero attached hydrogens (tertiary/aromatic N) is 2. The molecule has 0 radical (unpaired) electrons. The lowest BCUT2D eigenvalue weighted by atomic mass is 10.2. The minimum atomic E-state index is -0.364. The standard InChI is InChI=1S/C18H14ClFN2O3S/c19-13-2-1-3-14(20)12(13)9-26-18-21-6-7-22(18)17(23)11-4-5-15-16(8-11)25-10-24-15/h1-5,8H,6-7,9-10H2. The fourth-order valence-electron chi connectivity index (χ4n) is 2.73. The van der Waals surface area contributed by atoms with Crippen LogP contribution < -0.4 is 9.47 Å². The number of amidine groups is 1. The molecule has 0 fully saturated rings. The van der Waals surface area contributed by atoms with Crippen molar-refractivity contribution >= 4 is 34.4 Å². The molecule has 0 bridgehead atoms. The molecule has 0 aliphatic carbocycles. The van der Waals surface area contributed by atoms with Crippen molar-refractivity contribution < 1.29 is 18.7 Å². The van der Waals surface area contributed by atoms with E-state index in [1.54, 1.807) is 35.2 Å². The molecule has 2 aromatic carbocycles. The SMILES string of the molecule is O=C(c1ccc2c(c1)OCO2)N1CCN=C1SCc1c(F)cccc1Cl. The Hall–Kier alpha value is -2.25. The quantitative estimate of drug-likeness (QED) is 0.793. The van der Waals surface area contributed by atoms with Gasteiger partial charge in [0, 0.05) is 28.4 Å². The summed E-state index contributed by atoms with van der Waals surface area (Å²) in [5, 5.41) is 0.928. The molecule has 0 saturated carbocycles. The van der Waals surface area contributed by atoms with E-state index in [9.17, 15) is 9.18 Å². The molecule has 0 unspecified atom stereocenters. The van der Waals surface area contributed by atoms with Crippen LogP contribution in [-0.4, -0.2) is 35.9 Å². The van der Waals surface area contributed by atoms with E-state index in [0.717, 1.165) is 0 Å². The third kappa shape index (κ3) is 3.24. The Labute approximate surface area is 158 Å². The number of rotatable bonds is 3. The third-order valence-electron chi connectivity index (χ3n) is 4.07. The van der Waals surface area contributed by atoms with Crippen LogP contribution in [0.3, 0.4) is 0 Å². The molecule has 0 N–H and O–H groups in total. The number of aliphatic imine (C=N–C) groups is 1. The van der Waals surface area contributed by atoms with Gasteiger partial charge in [-0.05, 0) is 30.3 Å². The highest BCUT2D eigenvalue weighted by molar-refractivity contribution is 8.13. The normalized spacial score (nSPS) is 15.3. The molecule has 2 aromatic rings. The lowest BCUT2D eigenvalue weighted by molar-refractivity contribution is 0.0860. The lowest BCUT2D eigenvalue weighted by Crippen LogP contribution is -2.32. The number of hydrogen-bond donors (Lipinski definition) is 0. The van der Waals surface area contributed by atoms with Crippen LogP contribution in [0.1, 0.15) is 15.9 Å². The molecule has 26 heavy (non-hydrogen) atoms. The monoisotopic (exact) mass is 392 g/mol. The fraction of sp³-hybridized carbons (Fsp3) is 0.222. The van der Waals surface area contributed by atoms with E-state index in [4.69, 9.17) is 21.1 Å². The Bertz CT molecular complexity index is 886. The number of thioether (sulfide) groups is 1. The summed E-state index contributed by atoms with van der Waals surface area (Å²) >= 11 is 7.36. The molecule has 1 amide bonds. The maximum absolute atomic E-state index is 13.9. The second-order valence-corrected chi connectivity index (χ2v) is 7.03. The number of carbonyl (C=O) groups is 1. The maximum atomic E-state index is 13.9. The van der Waals surface area contributed by atoms with Crippen LogP contribution in [0.5, 0.6) is 11.5 Å². The smallest absolute Gasteiger partial charge is 0.260 e. The van der Waals surface area contributed by atoms with Crippen LogP contribution in [0.25, 0.3) is 0 Å². The first kappa shape index (κ1) is 17.2.